The van der Waals surface area contributed by atoms with Crippen LogP contribution in [0.1, 0.15) is 18.4 Å². The van der Waals surface area contributed by atoms with E-state index in [2.05, 4.69) is 4.74 Å². The topological polar surface area (TPSA) is 72.9 Å². The van der Waals surface area contributed by atoms with Crippen molar-refractivity contribution >= 4 is 18.0 Å². The van der Waals surface area contributed by atoms with E-state index in [1.807, 2.05) is 30.3 Å². The van der Waals surface area contributed by atoms with E-state index in [0.29, 0.717) is 13.0 Å². The highest BCUT2D eigenvalue weighted by Crippen LogP contribution is 2.40. The van der Waals surface area contributed by atoms with Crippen LogP contribution in [0.4, 0.5) is 4.79 Å². The summed E-state index contributed by atoms with van der Waals surface area (Å²) in [6, 6.07) is 9.36. The highest BCUT2D eigenvalue weighted by Gasteiger charge is 2.54. The van der Waals surface area contributed by atoms with Gasteiger partial charge in [0, 0.05) is 13.1 Å². The summed E-state index contributed by atoms with van der Waals surface area (Å²) in [7, 11) is 0. The standard InChI is InChI=1S/C15H15NO5/c17-12-8-15(13(18)21-12)6-7-16(10-15)14(19)20-9-11-4-2-1-3-5-11/h1-5H,6-10H2. The highest BCUT2D eigenvalue weighted by molar-refractivity contribution is 5.98. The highest BCUT2D eigenvalue weighted by atomic mass is 16.6. The molecule has 1 spiro atoms. The lowest BCUT2D eigenvalue weighted by Gasteiger charge is -2.19. The van der Waals surface area contributed by atoms with Gasteiger partial charge in [-0.3, -0.25) is 9.59 Å². The third-order valence-electron chi connectivity index (χ3n) is 3.94. The first-order valence-corrected chi connectivity index (χ1v) is 6.80. The Kier molecular flexibility index (Phi) is 3.37. The van der Waals surface area contributed by atoms with E-state index < -0.39 is 23.4 Å². The number of nitrogens with zero attached hydrogens (tertiary/aromatic N) is 1. The number of carbonyl (C=O) groups is 3. The van der Waals surface area contributed by atoms with Crippen molar-refractivity contribution < 1.29 is 23.9 Å². The summed E-state index contributed by atoms with van der Waals surface area (Å²) >= 11 is 0. The lowest BCUT2D eigenvalue weighted by atomic mass is 9.86. The lowest BCUT2D eigenvalue weighted by Crippen LogP contribution is -2.34. The first-order chi connectivity index (χ1) is 10.1. The molecule has 1 atom stereocenters. The molecule has 0 aromatic heterocycles. The van der Waals surface area contributed by atoms with Gasteiger partial charge >= 0.3 is 18.0 Å². The Bertz CT molecular complexity index is 585. The van der Waals surface area contributed by atoms with Gasteiger partial charge in [-0.25, -0.2) is 4.79 Å². The van der Waals surface area contributed by atoms with Crippen molar-refractivity contribution in [3.63, 3.8) is 0 Å². The lowest BCUT2D eigenvalue weighted by molar-refractivity contribution is -0.154. The minimum atomic E-state index is -0.858. The summed E-state index contributed by atoms with van der Waals surface area (Å²) in [5.74, 6) is -1.04. The molecule has 0 N–H and O–H groups in total. The molecule has 1 aromatic carbocycles. The maximum atomic E-state index is 12.0. The molecule has 1 aromatic rings. The molecule has 0 bridgehead atoms. The molecular formula is C15H15NO5. The number of esters is 2. The van der Waals surface area contributed by atoms with E-state index >= 15 is 0 Å². The second-order valence-corrected chi connectivity index (χ2v) is 5.43. The van der Waals surface area contributed by atoms with Gasteiger partial charge in [0.15, 0.2) is 0 Å². The van der Waals surface area contributed by atoms with Crippen molar-refractivity contribution in [2.24, 2.45) is 5.41 Å². The molecule has 1 amide bonds. The number of hydrogen-bond acceptors (Lipinski definition) is 5. The van der Waals surface area contributed by atoms with Crippen LogP contribution in [0.5, 0.6) is 0 Å². The van der Waals surface area contributed by atoms with Crippen molar-refractivity contribution in [3.8, 4) is 0 Å². The van der Waals surface area contributed by atoms with Crippen LogP contribution in [-0.4, -0.2) is 36.0 Å². The molecule has 2 aliphatic rings. The van der Waals surface area contributed by atoms with Crippen LogP contribution in [0.15, 0.2) is 30.3 Å². The van der Waals surface area contributed by atoms with Crippen molar-refractivity contribution in [1.29, 1.82) is 0 Å². The van der Waals surface area contributed by atoms with Crippen LogP contribution in [0.2, 0.25) is 0 Å². The monoisotopic (exact) mass is 289 g/mol. The molecule has 2 heterocycles. The zero-order chi connectivity index (χ0) is 14.9. The van der Waals surface area contributed by atoms with Crippen LogP contribution < -0.4 is 0 Å². The maximum Gasteiger partial charge on any atom is 0.410 e. The fourth-order valence-electron chi connectivity index (χ4n) is 2.75. The average Bonchev–Trinajstić information content (AvgIpc) is 3.02. The van der Waals surface area contributed by atoms with Crippen molar-refractivity contribution in [2.75, 3.05) is 13.1 Å². The van der Waals surface area contributed by atoms with Gasteiger partial charge < -0.3 is 14.4 Å². The van der Waals surface area contributed by atoms with Crippen LogP contribution in [0.3, 0.4) is 0 Å². The normalized spacial score (nSPS) is 24.5. The van der Waals surface area contributed by atoms with Crippen LogP contribution in [0, 0.1) is 5.41 Å². The summed E-state index contributed by atoms with van der Waals surface area (Å²) in [5.41, 5.74) is 0.0401. The Labute approximate surface area is 121 Å². The molecule has 6 nitrogen and oxygen atoms in total. The third-order valence-corrected chi connectivity index (χ3v) is 3.94. The first-order valence-electron chi connectivity index (χ1n) is 6.80. The first kappa shape index (κ1) is 13.6. The largest absolute Gasteiger partial charge is 0.445 e. The number of benzene rings is 1. The second kappa shape index (κ2) is 5.20. The summed E-state index contributed by atoms with van der Waals surface area (Å²) in [6.07, 6.45) is 0.0228. The van der Waals surface area contributed by atoms with E-state index in [4.69, 9.17) is 4.74 Å². The molecule has 3 rings (SSSR count). The number of amides is 1. The quantitative estimate of drug-likeness (QED) is 0.609. The molecule has 0 saturated carbocycles. The third kappa shape index (κ3) is 2.61. The Morgan fingerprint density at radius 3 is 2.71 bits per heavy atom. The van der Waals surface area contributed by atoms with E-state index in [-0.39, 0.29) is 19.6 Å². The van der Waals surface area contributed by atoms with Crippen LogP contribution in [0.25, 0.3) is 0 Å². The van der Waals surface area contributed by atoms with Gasteiger partial charge in [0.05, 0.1) is 11.8 Å². The zero-order valence-corrected chi connectivity index (χ0v) is 11.4. The zero-order valence-electron chi connectivity index (χ0n) is 11.4. The van der Waals surface area contributed by atoms with Gasteiger partial charge in [0.2, 0.25) is 0 Å². The number of cyclic esters (lactones) is 2. The van der Waals surface area contributed by atoms with E-state index in [1.54, 1.807) is 0 Å². The Morgan fingerprint density at radius 1 is 1.29 bits per heavy atom. The van der Waals surface area contributed by atoms with E-state index in [0.717, 1.165) is 5.56 Å². The fraction of sp³-hybridized carbons (Fsp3) is 0.400. The summed E-state index contributed by atoms with van der Waals surface area (Å²) < 4.78 is 9.83. The molecule has 0 radical (unpaired) electrons. The predicted octanol–water partition coefficient (Wildman–Crippen LogP) is 1.49. The minimum absolute atomic E-state index is 0.0499. The van der Waals surface area contributed by atoms with Gasteiger partial charge in [-0.05, 0) is 12.0 Å². The average molecular weight is 289 g/mol. The predicted molar refractivity (Wildman–Crippen MR) is 71.0 cm³/mol. The number of carbonyl (C=O) groups excluding carboxylic acids is 3. The number of rotatable bonds is 2. The van der Waals surface area contributed by atoms with Gasteiger partial charge in [-0.1, -0.05) is 30.3 Å². The summed E-state index contributed by atoms with van der Waals surface area (Å²) in [5, 5.41) is 0. The molecule has 0 aliphatic carbocycles. The summed E-state index contributed by atoms with van der Waals surface area (Å²) in [4.78, 5) is 36.4. The van der Waals surface area contributed by atoms with Gasteiger partial charge in [0.25, 0.3) is 0 Å². The molecule has 21 heavy (non-hydrogen) atoms. The van der Waals surface area contributed by atoms with Crippen LogP contribution in [-0.2, 0) is 25.7 Å². The Balaban J connectivity index is 1.58. The Hall–Kier alpha value is -2.37. The fourth-order valence-corrected chi connectivity index (χ4v) is 2.75. The minimum Gasteiger partial charge on any atom is -0.445 e. The Morgan fingerprint density at radius 2 is 2.05 bits per heavy atom. The molecular weight excluding hydrogens is 274 g/mol. The van der Waals surface area contributed by atoms with Gasteiger partial charge in [0.1, 0.15) is 6.61 Å². The second-order valence-electron chi connectivity index (χ2n) is 5.43. The summed E-state index contributed by atoms with van der Waals surface area (Å²) in [6.45, 7) is 0.772. The molecule has 2 aliphatic heterocycles. The number of likely N-dealkylation sites (tertiary alicyclic amines) is 1. The maximum absolute atomic E-state index is 12.0. The van der Waals surface area contributed by atoms with Crippen molar-refractivity contribution in [1.82, 2.24) is 4.90 Å². The molecule has 110 valence electrons. The number of hydrogen-bond donors (Lipinski definition) is 0. The number of ether oxygens (including phenoxy) is 2. The van der Waals surface area contributed by atoms with E-state index in [1.165, 1.54) is 4.90 Å². The SMILES string of the molecule is O=C1CC2(CCN(C(=O)OCc3ccccc3)C2)C(=O)O1. The van der Waals surface area contributed by atoms with Gasteiger partial charge in [-0.15, -0.1) is 0 Å². The van der Waals surface area contributed by atoms with Crippen molar-refractivity contribution in [2.45, 2.75) is 19.4 Å². The molecule has 6 heteroatoms. The van der Waals surface area contributed by atoms with Crippen molar-refractivity contribution in [3.05, 3.63) is 35.9 Å². The molecule has 1 unspecified atom stereocenters. The van der Waals surface area contributed by atoms with Gasteiger partial charge in [-0.2, -0.15) is 0 Å². The molecule has 2 fully saturated rings. The van der Waals surface area contributed by atoms with Crippen LogP contribution >= 0.6 is 0 Å². The molecule has 2 saturated heterocycles. The smallest absolute Gasteiger partial charge is 0.410 e. The van der Waals surface area contributed by atoms with E-state index in [9.17, 15) is 14.4 Å².